The van der Waals surface area contributed by atoms with E-state index >= 15 is 0 Å². The van der Waals surface area contributed by atoms with Gasteiger partial charge in [-0.25, -0.2) is 0 Å². The highest BCUT2D eigenvalue weighted by Gasteiger charge is 2.26. The van der Waals surface area contributed by atoms with E-state index in [0.29, 0.717) is 6.54 Å². The topological polar surface area (TPSA) is 75.3 Å². The van der Waals surface area contributed by atoms with Gasteiger partial charge >= 0.3 is 0 Å². The molecule has 1 atom stereocenters. The van der Waals surface area contributed by atoms with Crippen LogP contribution >= 0.6 is 0 Å². The second-order valence-corrected chi connectivity index (χ2v) is 5.30. The third kappa shape index (κ3) is 3.83. The van der Waals surface area contributed by atoms with Crippen molar-refractivity contribution >= 4 is 5.91 Å². The van der Waals surface area contributed by atoms with Gasteiger partial charge in [0, 0.05) is 6.54 Å². The Morgan fingerprint density at radius 2 is 1.90 bits per heavy atom. The van der Waals surface area contributed by atoms with Crippen molar-refractivity contribution in [3.05, 3.63) is 65.7 Å². The van der Waals surface area contributed by atoms with E-state index in [-0.39, 0.29) is 18.1 Å². The highest BCUT2D eigenvalue weighted by Crippen LogP contribution is 2.19. The third-order valence-corrected chi connectivity index (χ3v) is 3.51. The van der Waals surface area contributed by atoms with Gasteiger partial charge in [-0.05, 0) is 30.2 Å². The number of nitrogens with one attached hydrogen (secondary N) is 1. The van der Waals surface area contributed by atoms with Gasteiger partial charge in [-0.2, -0.15) is 0 Å². The molecule has 4 nitrogen and oxygen atoms in total. The average Bonchev–Trinajstić information content (AvgIpc) is 2.48. The predicted octanol–water partition coefficient (Wildman–Crippen LogP) is 1.92. The summed E-state index contributed by atoms with van der Waals surface area (Å²) in [6, 6.07) is 16.4. The number of aromatic hydroxyl groups is 1. The van der Waals surface area contributed by atoms with Crippen molar-refractivity contribution in [1.29, 1.82) is 0 Å². The molecule has 0 aliphatic rings. The first-order valence-electron chi connectivity index (χ1n) is 6.88. The zero-order valence-electron chi connectivity index (χ0n) is 12.0. The standard InChI is InChI=1S/C17H20N2O2/c1-17(12-18,14-7-3-2-4-8-14)19-16(21)11-13-6-5-9-15(20)10-13/h2-10,20H,11-12,18H2,1H3,(H,19,21). The molecule has 0 saturated heterocycles. The summed E-state index contributed by atoms with van der Waals surface area (Å²) in [5.74, 6) is 0.0300. The molecule has 1 amide bonds. The molecule has 0 fully saturated rings. The van der Waals surface area contributed by atoms with Crippen LogP contribution in [0.5, 0.6) is 5.75 Å². The molecule has 0 saturated carbocycles. The Kier molecular flexibility index (Phi) is 4.60. The van der Waals surface area contributed by atoms with E-state index in [2.05, 4.69) is 5.32 Å². The molecular weight excluding hydrogens is 264 g/mol. The molecule has 0 aliphatic carbocycles. The van der Waals surface area contributed by atoms with Gasteiger partial charge in [0.15, 0.2) is 0 Å². The van der Waals surface area contributed by atoms with Crippen molar-refractivity contribution < 1.29 is 9.90 Å². The summed E-state index contributed by atoms with van der Waals surface area (Å²) >= 11 is 0. The number of phenolic OH excluding ortho intramolecular Hbond substituents is 1. The number of amides is 1. The molecule has 2 aromatic rings. The Morgan fingerprint density at radius 3 is 2.52 bits per heavy atom. The number of nitrogens with two attached hydrogens (primary N) is 1. The van der Waals surface area contributed by atoms with Crippen molar-refractivity contribution in [2.45, 2.75) is 18.9 Å². The van der Waals surface area contributed by atoms with Crippen LogP contribution in [0.4, 0.5) is 0 Å². The lowest BCUT2D eigenvalue weighted by molar-refractivity contribution is -0.122. The lowest BCUT2D eigenvalue weighted by Gasteiger charge is -2.30. The van der Waals surface area contributed by atoms with E-state index in [1.807, 2.05) is 43.3 Å². The van der Waals surface area contributed by atoms with Gasteiger partial charge in [0.05, 0.1) is 12.0 Å². The molecule has 4 N–H and O–H groups in total. The Hall–Kier alpha value is -2.33. The monoisotopic (exact) mass is 284 g/mol. The van der Waals surface area contributed by atoms with Crippen LogP contribution in [0.15, 0.2) is 54.6 Å². The van der Waals surface area contributed by atoms with Gasteiger partial charge in [-0.15, -0.1) is 0 Å². The minimum absolute atomic E-state index is 0.127. The van der Waals surface area contributed by atoms with Crippen LogP contribution in [0, 0.1) is 0 Å². The Labute approximate surface area is 124 Å². The van der Waals surface area contributed by atoms with E-state index in [9.17, 15) is 9.90 Å². The highest BCUT2D eigenvalue weighted by atomic mass is 16.3. The van der Waals surface area contributed by atoms with E-state index in [1.165, 1.54) is 0 Å². The van der Waals surface area contributed by atoms with E-state index in [1.54, 1.807) is 18.2 Å². The van der Waals surface area contributed by atoms with Crippen molar-refractivity contribution in [2.24, 2.45) is 5.73 Å². The van der Waals surface area contributed by atoms with Crippen molar-refractivity contribution in [3.8, 4) is 5.75 Å². The van der Waals surface area contributed by atoms with Crippen LogP contribution < -0.4 is 11.1 Å². The molecule has 0 bridgehead atoms. The zero-order chi connectivity index (χ0) is 15.3. The van der Waals surface area contributed by atoms with Crippen molar-refractivity contribution in [2.75, 3.05) is 6.54 Å². The van der Waals surface area contributed by atoms with Crippen LogP contribution in [-0.2, 0) is 16.8 Å². The summed E-state index contributed by atoms with van der Waals surface area (Å²) in [4.78, 5) is 12.2. The average molecular weight is 284 g/mol. The molecule has 1 unspecified atom stereocenters. The summed E-state index contributed by atoms with van der Waals surface area (Å²) in [5.41, 5.74) is 6.98. The molecule has 2 aromatic carbocycles. The van der Waals surface area contributed by atoms with Crippen LogP contribution in [0.3, 0.4) is 0 Å². The van der Waals surface area contributed by atoms with Gasteiger partial charge < -0.3 is 16.2 Å². The first kappa shape index (κ1) is 15.1. The number of benzene rings is 2. The van der Waals surface area contributed by atoms with Gasteiger partial charge in [0.25, 0.3) is 0 Å². The Morgan fingerprint density at radius 1 is 1.19 bits per heavy atom. The summed E-state index contributed by atoms with van der Waals surface area (Å²) in [7, 11) is 0. The van der Waals surface area contributed by atoms with Crippen molar-refractivity contribution in [3.63, 3.8) is 0 Å². The quantitative estimate of drug-likeness (QED) is 0.785. The van der Waals surface area contributed by atoms with E-state index in [4.69, 9.17) is 5.73 Å². The molecule has 0 aliphatic heterocycles. The fraction of sp³-hybridized carbons (Fsp3) is 0.235. The van der Waals surface area contributed by atoms with Crippen LogP contribution in [0.2, 0.25) is 0 Å². The number of phenols is 1. The van der Waals surface area contributed by atoms with E-state index in [0.717, 1.165) is 11.1 Å². The van der Waals surface area contributed by atoms with Gasteiger partial charge in [0.2, 0.25) is 5.91 Å². The number of rotatable bonds is 5. The predicted molar refractivity (Wildman–Crippen MR) is 82.8 cm³/mol. The van der Waals surface area contributed by atoms with Crippen LogP contribution in [-0.4, -0.2) is 17.6 Å². The maximum absolute atomic E-state index is 12.2. The third-order valence-electron chi connectivity index (χ3n) is 3.51. The summed E-state index contributed by atoms with van der Waals surface area (Å²) in [5, 5.41) is 12.4. The number of carbonyl (C=O) groups is 1. The number of hydrogen-bond acceptors (Lipinski definition) is 3. The summed E-state index contributed by atoms with van der Waals surface area (Å²) in [6.07, 6.45) is 0.205. The Balaban J connectivity index is 2.10. The van der Waals surface area contributed by atoms with Crippen LogP contribution in [0.25, 0.3) is 0 Å². The lowest BCUT2D eigenvalue weighted by Crippen LogP contribution is -2.49. The van der Waals surface area contributed by atoms with Crippen LogP contribution in [0.1, 0.15) is 18.1 Å². The summed E-state index contributed by atoms with van der Waals surface area (Å²) in [6.45, 7) is 2.21. The van der Waals surface area contributed by atoms with Gasteiger partial charge in [0.1, 0.15) is 5.75 Å². The summed E-state index contributed by atoms with van der Waals surface area (Å²) < 4.78 is 0. The SMILES string of the molecule is CC(CN)(NC(=O)Cc1cccc(O)c1)c1ccccc1. The smallest absolute Gasteiger partial charge is 0.225 e. The molecule has 110 valence electrons. The molecule has 0 heterocycles. The molecule has 0 radical (unpaired) electrons. The molecule has 0 aromatic heterocycles. The first-order valence-corrected chi connectivity index (χ1v) is 6.88. The fourth-order valence-electron chi connectivity index (χ4n) is 2.25. The Bertz CT molecular complexity index is 613. The number of carbonyl (C=O) groups excluding carboxylic acids is 1. The minimum atomic E-state index is -0.602. The highest BCUT2D eigenvalue weighted by molar-refractivity contribution is 5.79. The van der Waals surface area contributed by atoms with Gasteiger partial charge in [-0.1, -0.05) is 42.5 Å². The molecule has 0 spiro atoms. The maximum Gasteiger partial charge on any atom is 0.225 e. The second kappa shape index (κ2) is 6.41. The van der Waals surface area contributed by atoms with E-state index < -0.39 is 5.54 Å². The molecule has 4 heteroatoms. The first-order chi connectivity index (χ1) is 10.0. The largest absolute Gasteiger partial charge is 0.508 e. The zero-order valence-corrected chi connectivity index (χ0v) is 12.0. The lowest BCUT2D eigenvalue weighted by atomic mass is 9.91. The minimum Gasteiger partial charge on any atom is -0.508 e. The second-order valence-electron chi connectivity index (χ2n) is 5.30. The number of hydrogen-bond donors (Lipinski definition) is 3. The molecule has 2 rings (SSSR count). The van der Waals surface area contributed by atoms with Gasteiger partial charge in [-0.3, -0.25) is 4.79 Å². The normalized spacial score (nSPS) is 13.4. The molecule has 21 heavy (non-hydrogen) atoms. The maximum atomic E-state index is 12.2. The fourth-order valence-corrected chi connectivity index (χ4v) is 2.25. The van der Waals surface area contributed by atoms with Crippen molar-refractivity contribution in [1.82, 2.24) is 5.32 Å². The molecular formula is C17H20N2O2.